The molecule has 0 atom stereocenters. The maximum atomic E-state index is 3.71. The van der Waals surface area contributed by atoms with Crippen LogP contribution in [-0.4, -0.2) is 0 Å². The van der Waals surface area contributed by atoms with Gasteiger partial charge in [0.1, 0.15) is 0 Å². The minimum atomic E-state index is 0.799. The molecule has 0 aliphatic rings. The van der Waals surface area contributed by atoms with E-state index in [0.29, 0.717) is 0 Å². The predicted molar refractivity (Wildman–Crippen MR) is 186 cm³/mol. The molecule has 0 heterocycles. The first-order valence-corrected chi connectivity index (χ1v) is 15.4. The lowest BCUT2D eigenvalue weighted by molar-refractivity contribution is 1.09. The molecule has 3 nitrogen and oxygen atoms in total. The zero-order valence-electron chi connectivity index (χ0n) is 25.0. The quantitative estimate of drug-likeness (QED) is 0.129. The van der Waals surface area contributed by atoms with Gasteiger partial charge in [-0.15, -0.1) is 0 Å². The summed E-state index contributed by atoms with van der Waals surface area (Å²) in [6.45, 7) is 2.44. The topological polar surface area (TPSA) is 36.1 Å². The summed E-state index contributed by atoms with van der Waals surface area (Å²) >= 11 is 0. The first kappa shape index (κ1) is 28.8. The van der Waals surface area contributed by atoms with Crippen molar-refractivity contribution in [2.24, 2.45) is 0 Å². The number of rotatable bonds is 13. The van der Waals surface area contributed by atoms with Gasteiger partial charge in [-0.1, -0.05) is 127 Å². The Hall–Kier alpha value is -5.28. The van der Waals surface area contributed by atoms with Crippen LogP contribution in [0.2, 0.25) is 0 Å². The van der Waals surface area contributed by atoms with Gasteiger partial charge in [-0.3, -0.25) is 0 Å². The van der Waals surface area contributed by atoms with E-state index in [1.54, 1.807) is 0 Å². The van der Waals surface area contributed by atoms with Crippen molar-refractivity contribution in [3.05, 3.63) is 197 Å². The SMILES string of the molecule is c1ccc(CNc2ccc(Cc3ccc(NCc4ccccc4)c(Cc4ccc(NCc5ccccc5)cc4)c3)cc2)cc1. The Balaban J connectivity index is 1.14. The molecule has 3 N–H and O–H groups in total. The van der Waals surface area contributed by atoms with Gasteiger partial charge in [-0.25, -0.2) is 0 Å². The number of anilines is 3. The van der Waals surface area contributed by atoms with E-state index in [1.807, 2.05) is 0 Å². The van der Waals surface area contributed by atoms with Crippen molar-refractivity contribution < 1.29 is 0 Å². The van der Waals surface area contributed by atoms with Crippen LogP contribution in [0, 0.1) is 0 Å². The standard InChI is InChI=1S/C41H39N3/c1-4-10-34(11-5-1)29-42-39-21-16-32(17-22-39)26-37-20-25-41(44-31-36-14-8-3-9-15-36)38(28-37)27-33-18-23-40(24-19-33)43-30-35-12-6-2-7-13-35/h1-25,28,42-44H,26-27,29-31H2. The van der Waals surface area contributed by atoms with Crippen molar-refractivity contribution in [1.82, 2.24) is 0 Å². The number of benzene rings is 6. The summed E-state index contributed by atoms with van der Waals surface area (Å²) in [6.07, 6.45) is 1.76. The molecule has 0 spiro atoms. The third-order valence-corrected chi connectivity index (χ3v) is 7.89. The van der Waals surface area contributed by atoms with Crippen molar-refractivity contribution >= 4 is 17.1 Å². The van der Waals surface area contributed by atoms with E-state index in [1.165, 1.54) is 44.6 Å². The van der Waals surface area contributed by atoms with Gasteiger partial charge in [0, 0.05) is 36.7 Å². The number of hydrogen-bond donors (Lipinski definition) is 3. The van der Waals surface area contributed by atoms with E-state index in [9.17, 15) is 0 Å². The molecule has 0 amide bonds. The first-order chi connectivity index (χ1) is 21.8. The smallest absolute Gasteiger partial charge is 0.0400 e. The molecule has 6 rings (SSSR count). The van der Waals surface area contributed by atoms with Gasteiger partial charge in [-0.05, 0) is 82.1 Å². The molecule has 44 heavy (non-hydrogen) atoms. The Kier molecular flexibility index (Phi) is 9.66. The van der Waals surface area contributed by atoms with Gasteiger partial charge in [0.05, 0.1) is 0 Å². The fourth-order valence-electron chi connectivity index (χ4n) is 5.41. The fourth-order valence-corrected chi connectivity index (χ4v) is 5.41. The van der Waals surface area contributed by atoms with Crippen LogP contribution in [0.25, 0.3) is 0 Å². The minimum Gasteiger partial charge on any atom is -0.381 e. The van der Waals surface area contributed by atoms with Crippen LogP contribution in [0.5, 0.6) is 0 Å². The third kappa shape index (κ3) is 8.39. The van der Waals surface area contributed by atoms with Crippen LogP contribution in [0.15, 0.2) is 158 Å². The first-order valence-electron chi connectivity index (χ1n) is 15.4. The van der Waals surface area contributed by atoms with Crippen molar-refractivity contribution in [1.29, 1.82) is 0 Å². The zero-order chi connectivity index (χ0) is 29.8. The lowest BCUT2D eigenvalue weighted by atomic mass is 9.97. The van der Waals surface area contributed by atoms with Gasteiger partial charge in [0.15, 0.2) is 0 Å². The van der Waals surface area contributed by atoms with Gasteiger partial charge in [-0.2, -0.15) is 0 Å². The average molecular weight is 574 g/mol. The highest BCUT2D eigenvalue weighted by atomic mass is 14.9. The van der Waals surface area contributed by atoms with E-state index in [-0.39, 0.29) is 0 Å². The molecule has 0 aliphatic carbocycles. The molecule has 6 aromatic carbocycles. The molecular weight excluding hydrogens is 534 g/mol. The highest BCUT2D eigenvalue weighted by Gasteiger charge is 2.08. The second kappa shape index (κ2) is 14.8. The Morgan fingerprint density at radius 2 is 0.727 bits per heavy atom. The summed E-state index contributed by atoms with van der Waals surface area (Å²) in [6, 6.07) is 56.2. The normalized spacial score (nSPS) is 10.7. The second-order valence-corrected chi connectivity index (χ2v) is 11.3. The molecule has 0 saturated heterocycles. The zero-order valence-corrected chi connectivity index (χ0v) is 25.0. The van der Waals surface area contributed by atoms with Crippen molar-refractivity contribution in [2.45, 2.75) is 32.5 Å². The molecule has 3 heteroatoms. The lowest BCUT2D eigenvalue weighted by Gasteiger charge is -2.15. The molecule has 0 saturated carbocycles. The van der Waals surface area contributed by atoms with Crippen molar-refractivity contribution in [3.63, 3.8) is 0 Å². The van der Waals surface area contributed by atoms with E-state index in [0.717, 1.165) is 43.9 Å². The van der Waals surface area contributed by atoms with Crippen molar-refractivity contribution in [3.8, 4) is 0 Å². The van der Waals surface area contributed by atoms with E-state index < -0.39 is 0 Å². The second-order valence-electron chi connectivity index (χ2n) is 11.3. The van der Waals surface area contributed by atoms with Crippen LogP contribution >= 0.6 is 0 Å². The molecule has 218 valence electrons. The minimum absolute atomic E-state index is 0.799. The number of nitrogens with one attached hydrogen (secondary N) is 3. The van der Waals surface area contributed by atoms with Gasteiger partial charge >= 0.3 is 0 Å². The molecule has 0 bridgehead atoms. The fraction of sp³-hybridized carbons (Fsp3) is 0.122. The highest BCUT2D eigenvalue weighted by Crippen LogP contribution is 2.25. The molecular formula is C41H39N3. The largest absolute Gasteiger partial charge is 0.381 e. The molecule has 0 aromatic heterocycles. The van der Waals surface area contributed by atoms with Crippen LogP contribution in [0.4, 0.5) is 17.1 Å². The highest BCUT2D eigenvalue weighted by molar-refractivity contribution is 5.56. The molecule has 0 radical (unpaired) electrons. The van der Waals surface area contributed by atoms with Gasteiger partial charge < -0.3 is 16.0 Å². The predicted octanol–water partition coefficient (Wildman–Crippen LogP) is 9.70. The van der Waals surface area contributed by atoms with Crippen LogP contribution in [0.3, 0.4) is 0 Å². The summed E-state index contributed by atoms with van der Waals surface area (Å²) in [5.74, 6) is 0. The molecule has 6 aromatic rings. The van der Waals surface area contributed by atoms with Gasteiger partial charge in [0.25, 0.3) is 0 Å². The van der Waals surface area contributed by atoms with Crippen LogP contribution in [-0.2, 0) is 32.5 Å². The average Bonchev–Trinajstić information content (AvgIpc) is 3.09. The molecule has 0 unspecified atom stereocenters. The third-order valence-electron chi connectivity index (χ3n) is 7.89. The van der Waals surface area contributed by atoms with E-state index in [4.69, 9.17) is 0 Å². The monoisotopic (exact) mass is 573 g/mol. The van der Waals surface area contributed by atoms with Gasteiger partial charge in [0.2, 0.25) is 0 Å². The van der Waals surface area contributed by atoms with Crippen molar-refractivity contribution in [2.75, 3.05) is 16.0 Å². The maximum absolute atomic E-state index is 3.71. The number of hydrogen-bond acceptors (Lipinski definition) is 3. The summed E-state index contributed by atoms with van der Waals surface area (Å²) < 4.78 is 0. The van der Waals surface area contributed by atoms with Crippen LogP contribution in [0.1, 0.15) is 38.9 Å². The summed E-state index contributed by atoms with van der Waals surface area (Å²) in [5.41, 5.74) is 12.5. The maximum Gasteiger partial charge on any atom is 0.0400 e. The van der Waals surface area contributed by atoms with E-state index in [2.05, 4.69) is 174 Å². The summed E-state index contributed by atoms with van der Waals surface area (Å²) in [4.78, 5) is 0. The Labute approximate surface area is 261 Å². The molecule has 0 aliphatic heterocycles. The molecule has 0 fully saturated rings. The lowest BCUT2D eigenvalue weighted by Crippen LogP contribution is -2.04. The Morgan fingerprint density at radius 3 is 1.20 bits per heavy atom. The summed E-state index contributed by atoms with van der Waals surface area (Å²) in [7, 11) is 0. The Bertz CT molecular complexity index is 1710. The Morgan fingerprint density at radius 1 is 0.318 bits per heavy atom. The van der Waals surface area contributed by atoms with E-state index >= 15 is 0 Å². The van der Waals surface area contributed by atoms with Crippen LogP contribution < -0.4 is 16.0 Å². The summed E-state index contributed by atoms with van der Waals surface area (Å²) in [5, 5.41) is 10.8.